The molecule has 170 valence electrons. The second-order valence-electron chi connectivity index (χ2n) is 7.95. The van der Waals surface area contributed by atoms with E-state index >= 15 is 0 Å². The maximum Gasteiger partial charge on any atom is 0.338 e. The number of amidine groups is 1. The predicted molar refractivity (Wildman–Crippen MR) is 131 cm³/mol. The Hall–Kier alpha value is -3.32. The summed E-state index contributed by atoms with van der Waals surface area (Å²) in [6, 6.07) is 19.0. The normalized spacial score (nSPS) is 17.3. The summed E-state index contributed by atoms with van der Waals surface area (Å²) in [5.74, 6) is -0.377. The second kappa shape index (κ2) is 10.1. The quantitative estimate of drug-likeness (QED) is 0.551. The third kappa shape index (κ3) is 4.88. The first-order valence-electron chi connectivity index (χ1n) is 10.9. The highest BCUT2D eigenvalue weighted by Crippen LogP contribution is 2.44. The van der Waals surface area contributed by atoms with E-state index in [9.17, 15) is 9.59 Å². The predicted octanol–water partition coefficient (Wildman–Crippen LogP) is 4.87. The largest absolute Gasteiger partial charge is 0.457 e. The Morgan fingerprint density at radius 3 is 2.42 bits per heavy atom. The molecule has 7 heteroatoms. The van der Waals surface area contributed by atoms with Gasteiger partial charge in [0.25, 0.3) is 0 Å². The summed E-state index contributed by atoms with van der Waals surface area (Å²) in [7, 11) is 1.79. The van der Waals surface area contributed by atoms with Gasteiger partial charge in [-0.25, -0.2) is 9.79 Å². The van der Waals surface area contributed by atoms with Crippen molar-refractivity contribution in [3.05, 3.63) is 94.2 Å². The highest BCUT2D eigenvalue weighted by molar-refractivity contribution is 8.16. The van der Waals surface area contributed by atoms with Gasteiger partial charge in [0.05, 0.1) is 23.7 Å². The molecule has 6 nitrogen and oxygen atoms in total. The van der Waals surface area contributed by atoms with Crippen LogP contribution in [0.15, 0.2) is 88.0 Å². The van der Waals surface area contributed by atoms with Crippen LogP contribution in [0.3, 0.4) is 0 Å². The van der Waals surface area contributed by atoms with Crippen molar-refractivity contribution >= 4 is 28.8 Å². The molecule has 2 aromatic rings. The van der Waals surface area contributed by atoms with E-state index in [1.165, 1.54) is 11.8 Å². The molecule has 0 aromatic heterocycles. The van der Waals surface area contributed by atoms with Crippen molar-refractivity contribution in [3.8, 4) is 0 Å². The van der Waals surface area contributed by atoms with Gasteiger partial charge in [-0.2, -0.15) is 0 Å². The van der Waals surface area contributed by atoms with E-state index < -0.39 is 12.0 Å². The highest BCUT2D eigenvalue weighted by Gasteiger charge is 2.41. The number of carbonyl (C=O) groups excluding carboxylic acids is 2. The molecule has 0 spiro atoms. The van der Waals surface area contributed by atoms with Gasteiger partial charge in [-0.3, -0.25) is 4.79 Å². The number of hydrogen-bond donors (Lipinski definition) is 0. The van der Waals surface area contributed by atoms with Gasteiger partial charge < -0.3 is 14.5 Å². The lowest BCUT2D eigenvalue weighted by Crippen LogP contribution is -2.38. The molecule has 0 N–H and O–H groups in total. The van der Waals surface area contributed by atoms with Gasteiger partial charge in [0.1, 0.15) is 6.61 Å². The van der Waals surface area contributed by atoms with Crippen LogP contribution in [0.1, 0.15) is 37.4 Å². The Balaban J connectivity index is 1.67. The fourth-order valence-corrected chi connectivity index (χ4v) is 4.81. The molecule has 33 heavy (non-hydrogen) atoms. The number of fused-ring (bicyclic) bond motifs is 1. The van der Waals surface area contributed by atoms with E-state index in [1.54, 1.807) is 11.9 Å². The molecule has 2 aliphatic rings. The van der Waals surface area contributed by atoms with Gasteiger partial charge in [-0.1, -0.05) is 72.4 Å². The van der Waals surface area contributed by atoms with Gasteiger partial charge in [0, 0.05) is 19.3 Å². The molecule has 2 aliphatic heterocycles. The Bertz CT molecular complexity index is 1130. The SMILES string of the molecule is CCN(C)C(=O)CC1=CSC2=NC(C)=C(C(=O)OCc3ccccc3)C(c3ccccc3)N12. The minimum Gasteiger partial charge on any atom is -0.457 e. The molecule has 0 radical (unpaired) electrons. The number of aliphatic imine (C=N–C) groups is 1. The third-order valence-electron chi connectivity index (χ3n) is 5.78. The van der Waals surface area contributed by atoms with Crippen molar-refractivity contribution in [2.75, 3.05) is 13.6 Å². The third-order valence-corrected chi connectivity index (χ3v) is 6.67. The second-order valence-corrected chi connectivity index (χ2v) is 8.79. The average Bonchev–Trinajstić information content (AvgIpc) is 3.24. The molecule has 0 fully saturated rings. The van der Waals surface area contributed by atoms with Crippen molar-refractivity contribution < 1.29 is 14.3 Å². The zero-order valence-electron chi connectivity index (χ0n) is 19.0. The van der Waals surface area contributed by atoms with E-state index in [1.807, 2.05) is 84.8 Å². The van der Waals surface area contributed by atoms with Gasteiger partial charge in [-0.15, -0.1) is 0 Å². The lowest BCUT2D eigenvalue weighted by Gasteiger charge is -2.36. The van der Waals surface area contributed by atoms with Crippen LogP contribution in [0.2, 0.25) is 0 Å². The van der Waals surface area contributed by atoms with Crippen LogP contribution >= 0.6 is 11.8 Å². The lowest BCUT2D eigenvalue weighted by atomic mass is 9.94. The lowest BCUT2D eigenvalue weighted by molar-refractivity contribution is -0.141. The zero-order chi connectivity index (χ0) is 23.4. The Morgan fingerprint density at radius 1 is 1.09 bits per heavy atom. The minimum atomic E-state index is -0.414. The number of esters is 1. The smallest absolute Gasteiger partial charge is 0.338 e. The molecule has 0 saturated carbocycles. The van der Waals surface area contributed by atoms with Crippen molar-refractivity contribution in [2.45, 2.75) is 32.9 Å². The van der Waals surface area contributed by atoms with Crippen LogP contribution in [0.5, 0.6) is 0 Å². The van der Waals surface area contributed by atoms with E-state index in [-0.39, 0.29) is 18.9 Å². The number of carbonyl (C=O) groups is 2. The fourth-order valence-electron chi connectivity index (χ4n) is 3.85. The summed E-state index contributed by atoms with van der Waals surface area (Å²) in [4.78, 5) is 34.5. The van der Waals surface area contributed by atoms with E-state index in [4.69, 9.17) is 9.73 Å². The average molecular weight is 462 g/mol. The van der Waals surface area contributed by atoms with Crippen LogP contribution in [-0.2, 0) is 20.9 Å². The molecule has 2 aromatic carbocycles. The first-order chi connectivity index (χ1) is 16.0. The molecule has 1 amide bonds. The summed E-state index contributed by atoms with van der Waals surface area (Å²) in [5.41, 5.74) is 3.82. The van der Waals surface area contributed by atoms with E-state index in [2.05, 4.69) is 0 Å². The molecular formula is C26H27N3O3S. The number of allylic oxidation sites excluding steroid dienone is 1. The molecule has 1 unspecified atom stereocenters. The summed E-state index contributed by atoms with van der Waals surface area (Å²) < 4.78 is 5.72. The van der Waals surface area contributed by atoms with Crippen LogP contribution in [0, 0.1) is 0 Å². The zero-order valence-corrected chi connectivity index (χ0v) is 19.8. The number of thioether (sulfide) groups is 1. The number of benzene rings is 2. The van der Waals surface area contributed by atoms with Crippen molar-refractivity contribution in [2.24, 2.45) is 4.99 Å². The Kier molecular flexibility index (Phi) is 6.99. The number of rotatable bonds is 7. The molecule has 2 heterocycles. The first-order valence-corrected chi connectivity index (χ1v) is 11.8. The van der Waals surface area contributed by atoms with Crippen LogP contribution in [0.25, 0.3) is 0 Å². The van der Waals surface area contributed by atoms with Crippen molar-refractivity contribution in [1.82, 2.24) is 9.80 Å². The molecule has 0 saturated heterocycles. The van der Waals surface area contributed by atoms with Gasteiger partial charge in [0.15, 0.2) is 5.17 Å². The summed E-state index contributed by atoms with van der Waals surface area (Å²) in [6.45, 7) is 4.61. The van der Waals surface area contributed by atoms with Crippen LogP contribution in [-0.4, -0.2) is 40.4 Å². The topological polar surface area (TPSA) is 62.2 Å². The number of ether oxygens (including phenoxy) is 1. The van der Waals surface area contributed by atoms with Gasteiger partial charge >= 0.3 is 5.97 Å². The fraction of sp³-hybridized carbons (Fsp3) is 0.269. The van der Waals surface area contributed by atoms with Crippen LogP contribution in [0.4, 0.5) is 0 Å². The minimum absolute atomic E-state index is 0.0249. The summed E-state index contributed by atoms with van der Waals surface area (Å²) in [5, 5.41) is 2.73. The maximum atomic E-state index is 13.4. The molecular weight excluding hydrogens is 434 g/mol. The van der Waals surface area contributed by atoms with Gasteiger partial charge in [-0.05, 0) is 30.4 Å². The number of nitrogens with zero attached hydrogens (tertiary/aromatic N) is 3. The molecule has 0 bridgehead atoms. The molecule has 0 aliphatic carbocycles. The van der Waals surface area contributed by atoms with Gasteiger partial charge in [0.2, 0.25) is 5.91 Å². The Labute approximate surface area is 198 Å². The highest BCUT2D eigenvalue weighted by atomic mass is 32.2. The first kappa shape index (κ1) is 22.9. The number of hydrogen-bond acceptors (Lipinski definition) is 6. The van der Waals surface area contributed by atoms with E-state index in [0.29, 0.717) is 17.8 Å². The maximum absolute atomic E-state index is 13.4. The van der Waals surface area contributed by atoms with Crippen LogP contribution < -0.4 is 0 Å². The monoisotopic (exact) mass is 461 g/mol. The summed E-state index contributed by atoms with van der Waals surface area (Å²) >= 11 is 1.48. The standard InChI is InChI=1S/C26H27N3O3S/c1-4-28(3)22(30)15-21-17-33-26-27-18(2)23(24(29(21)26)20-13-9-6-10-14-20)25(31)32-16-19-11-7-5-8-12-19/h5-14,17,24H,4,15-16H2,1-3H3. The number of amides is 1. The van der Waals surface area contributed by atoms with E-state index in [0.717, 1.165) is 22.0 Å². The van der Waals surface area contributed by atoms with Crippen molar-refractivity contribution in [1.29, 1.82) is 0 Å². The molecule has 1 atom stereocenters. The molecule has 4 rings (SSSR count). The Morgan fingerprint density at radius 2 is 1.76 bits per heavy atom. The summed E-state index contributed by atoms with van der Waals surface area (Å²) in [6.07, 6.45) is 0.241. The van der Waals surface area contributed by atoms with Crippen molar-refractivity contribution in [3.63, 3.8) is 0 Å².